The van der Waals surface area contributed by atoms with Gasteiger partial charge in [0.2, 0.25) is 0 Å². The summed E-state index contributed by atoms with van der Waals surface area (Å²) in [6.07, 6.45) is 1.59. The number of phenols is 1. The van der Waals surface area contributed by atoms with Gasteiger partial charge in [-0.25, -0.2) is 0 Å². The second kappa shape index (κ2) is 8.62. The van der Waals surface area contributed by atoms with Crippen LogP contribution in [0.3, 0.4) is 0 Å². The molecule has 1 aliphatic rings. The first-order chi connectivity index (χ1) is 16.5. The van der Waals surface area contributed by atoms with Crippen LogP contribution in [0, 0.1) is 6.92 Å². The van der Waals surface area contributed by atoms with E-state index >= 15 is 0 Å². The zero-order valence-electron chi connectivity index (χ0n) is 19.2. The van der Waals surface area contributed by atoms with E-state index in [0.29, 0.717) is 46.4 Å². The summed E-state index contributed by atoms with van der Waals surface area (Å²) in [6, 6.07) is 14.1. The number of phenolic OH excluding ortho intramolecular Hbond substituents is 1. The van der Waals surface area contributed by atoms with Crippen LogP contribution in [0.25, 0.3) is 11.3 Å². The van der Waals surface area contributed by atoms with Gasteiger partial charge < -0.3 is 23.9 Å². The fraction of sp³-hybridized carbons (Fsp3) is 0.231. The number of aromatic hydroxyl groups is 1. The molecule has 0 spiro atoms. The number of methoxy groups -OCH3 is 1. The Kier molecular flexibility index (Phi) is 5.49. The number of ether oxygens (including phenoxy) is 2. The lowest BCUT2D eigenvalue weighted by Gasteiger charge is -2.26. The maximum atomic E-state index is 13.5. The van der Waals surface area contributed by atoms with Gasteiger partial charge in [-0.3, -0.25) is 9.89 Å². The average molecular weight is 460 g/mol. The molecular formula is C26H25N3O5. The SMILES string of the molecule is CCOc1ccc([C@@H]2c3c(-c4cc(C)ccc4O)n[nH]c3C(=O)N2Cc2ccco2)cc1OC. The van der Waals surface area contributed by atoms with Crippen molar-refractivity contribution in [2.45, 2.75) is 26.4 Å². The van der Waals surface area contributed by atoms with Gasteiger partial charge in [-0.2, -0.15) is 5.10 Å². The number of nitrogens with zero attached hydrogens (tertiary/aromatic N) is 2. The van der Waals surface area contributed by atoms with Gasteiger partial charge in [0.15, 0.2) is 11.5 Å². The smallest absolute Gasteiger partial charge is 0.273 e. The van der Waals surface area contributed by atoms with E-state index in [4.69, 9.17) is 13.9 Å². The topological polar surface area (TPSA) is 101 Å². The van der Waals surface area contributed by atoms with Crippen LogP contribution in [0.2, 0.25) is 0 Å². The van der Waals surface area contributed by atoms with Crippen molar-refractivity contribution >= 4 is 5.91 Å². The van der Waals surface area contributed by atoms with Crippen molar-refractivity contribution < 1.29 is 23.8 Å². The van der Waals surface area contributed by atoms with Crippen LogP contribution in [-0.4, -0.2) is 39.8 Å². The lowest BCUT2D eigenvalue weighted by atomic mass is 9.94. The van der Waals surface area contributed by atoms with E-state index in [1.807, 2.05) is 50.2 Å². The number of aromatic amines is 1. The summed E-state index contributed by atoms with van der Waals surface area (Å²) in [7, 11) is 1.58. The van der Waals surface area contributed by atoms with Crippen molar-refractivity contribution in [2.24, 2.45) is 0 Å². The molecule has 1 amide bonds. The Morgan fingerprint density at radius 2 is 2.03 bits per heavy atom. The van der Waals surface area contributed by atoms with E-state index in [1.54, 1.807) is 30.4 Å². The van der Waals surface area contributed by atoms with Crippen LogP contribution in [-0.2, 0) is 6.54 Å². The van der Waals surface area contributed by atoms with E-state index in [0.717, 1.165) is 11.1 Å². The molecule has 8 heteroatoms. The molecule has 1 aliphatic heterocycles. The van der Waals surface area contributed by atoms with Crippen molar-refractivity contribution in [1.29, 1.82) is 0 Å². The molecule has 2 aromatic heterocycles. The Hall–Kier alpha value is -4.20. The molecular weight excluding hydrogens is 434 g/mol. The fourth-order valence-electron chi connectivity index (χ4n) is 4.45. The van der Waals surface area contributed by atoms with Crippen molar-refractivity contribution in [1.82, 2.24) is 15.1 Å². The number of amides is 1. The highest BCUT2D eigenvalue weighted by molar-refractivity contribution is 6.00. The van der Waals surface area contributed by atoms with E-state index in [9.17, 15) is 9.90 Å². The molecule has 4 aromatic rings. The Balaban J connectivity index is 1.68. The molecule has 1 atom stereocenters. The van der Waals surface area contributed by atoms with Gasteiger partial charge in [0.1, 0.15) is 22.9 Å². The second-order valence-electron chi connectivity index (χ2n) is 8.14. The largest absolute Gasteiger partial charge is 0.507 e. The Labute approximate surface area is 196 Å². The van der Waals surface area contributed by atoms with Gasteiger partial charge in [0, 0.05) is 11.1 Å². The summed E-state index contributed by atoms with van der Waals surface area (Å²) in [5.74, 6) is 1.76. The van der Waals surface area contributed by atoms with Gasteiger partial charge in [0.25, 0.3) is 5.91 Å². The lowest BCUT2D eigenvalue weighted by Crippen LogP contribution is -2.29. The average Bonchev–Trinajstić information content (AvgIpc) is 3.56. The van der Waals surface area contributed by atoms with Gasteiger partial charge in [-0.05, 0) is 55.8 Å². The number of fused-ring (bicyclic) bond motifs is 1. The molecule has 2 N–H and O–H groups in total. The normalized spacial score (nSPS) is 15.0. The van der Waals surface area contributed by atoms with Crippen LogP contribution < -0.4 is 9.47 Å². The third kappa shape index (κ3) is 3.57. The predicted molar refractivity (Wildman–Crippen MR) is 125 cm³/mol. The maximum Gasteiger partial charge on any atom is 0.273 e. The molecule has 0 bridgehead atoms. The van der Waals surface area contributed by atoms with Crippen molar-refractivity contribution in [2.75, 3.05) is 13.7 Å². The molecule has 8 nitrogen and oxygen atoms in total. The van der Waals surface area contributed by atoms with Gasteiger partial charge in [-0.1, -0.05) is 17.7 Å². The lowest BCUT2D eigenvalue weighted by molar-refractivity contribution is 0.0716. The highest BCUT2D eigenvalue weighted by atomic mass is 16.5. The molecule has 34 heavy (non-hydrogen) atoms. The maximum absolute atomic E-state index is 13.5. The number of carbonyl (C=O) groups excluding carboxylic acids is 1. The highest BCUT2D eigenvalue weighted by Gasteiger charge is 2.43. The minimum Gasteiger partial charge on any atom is -0.507 e. The second-order valence-corrected chi connectivity index (χ2v) is 8.14. The molecule has 174 valence electrons. The summed E-state index contributed by atoms with van der Waals surface area (Å²) in [5.41, 5.74) is 3.98. The van der Waals surface area contributed by atoms with Crippen molar-refractivity contribution in [3.8, 4) is 28.5 Å². The zero-order chi connectivity index (χ0) is 23.8. The number of carbonyl (C=O) groups is 1. The Morgan fingerprint density at radius 1 is 1.18 bits per heavy atom. The minimum atomic E-state index is -0.481. The number of aryl methyl sites for hydroxylation is 1. The quantitative estimate of drug-likeness (QED) is 0.410. The first kappa shape index (κ1) is 21.6. The van der Waals surface area contributed by atoms with Gasteiger partial charge in [0.05, 0.1) is 32.6 Å². The van der Waals surface area contributed by atoms with E-state index in [2.05, 4.69) is 10.2 Å². The summed E-state index contributed by atoms with van der Waals surface area (Å²) in [4.78, 5) is 15.3. The van der Waals surface area contributed by atoms with Crippen LogP contribution in [0.4, 0.5) is 0 Å². The van der Waals surface area contributed by atoms with Crippen LogP contribution in [0.5, 0.6) is 17.2 Å². The third-order valence-corrected chi connectivity index (χ3v) is 5.98. The number of hydrogen-bond acceptors (Lipinski definition) is 6. The molecule has 0 fully saturated rings. The number of H-pyrrole nitrogens is 1. The van der Waals surface area contributed by atoms with E-state index in [1.165, 1.54) is 0 Å². The van der Waals surface area contributed by atoms with Crippen molar-refractivity contribution in [3.63, 3.8) is 0 Å². The third-order valence-electron chi connectivity index (χ3n) is 5.98. The van der Waals surface area contributed by atoms with Gasteiger partial charge in [-0.15, -0.1) is 0 Å². The number of benzene rings is 2. The highest BCUT2D eigenvalue weighted by Crippen LogP contribution is 2.46. The number of hydrogen-bond donors (Lipinski definition) is 2. The van der Waals surface area contributed by atoms with E-state index < -0.39 is 6.04 Å². The summed E-state index contributed by atoms with van der Waals surface area (Å²) in [5, 5.41) is 18.0. The Bertz CT molecular complexity index is 1340. The summed E-state index contributed by atoms with van der Waals surface area (Å²) >= 11 is 0. The number of aromatic nitrogens is 2. The molecule has 5 rings (SSSR count). The summed E-state index contributed by atoms with van der Waals surface area (Å²) < 4.78 is 16.8. The minimum absolute atomic E-state index is 0.0971. The molecule has 2 aromatic carbocycles. The molecule has 0 radical (unpaired) electrons. The molecule has 0 aliphatic carbocycles. The first-order valence-electron chi connectivity index (χ1n) is 11.0. The molecule has 0 saturated carbocycles. The fourth-order valence-corrected chi connectivity index (χ4v) is 4.45. The van der Waals surface area contributed by atoms with Gasteiger partial charge >= 0.3 is 0 Å². The first-order valence-corrected chi connectivity index (χ1v) is 11.0. The zero-order valence-corrected chi connectivity index (χ0v) is 19.2. The monoisotopic (exact) mass is 459 g/mol. The molecule has 0 saturated heterocycles. The summed E-state index contributed by atoms with van der Waals surface area (Å²) in [6.45, 7) is 4.63. The van der Waals surface area contributed by atoms with Crippen molar-refractivity contribution in [3.05, 3.63) is 82.9 Å². The number of nitrogens with one attached hydrogen (secondary N) is 1. The van der Waals surface area contributed by atoms with Crippen LogP contribution in [0.1, 0.15) is 45.9 Å². The predicted octanol–water partition coefficient (Wildman–Crippen LogP) is 4.84. The Morgan fingerprint density at radius 3 is 2.76 bits per heavy atom. The van der Waals surface area contributed by atoms with Crippen LogP contribution in [0.15, 0.2) is 59.2 Å². The molecule has 0 unspecified atom stereocenters. The molecule has 3 heterocycles. The van der Waals surface area contributed by atoms with E-state index in [-0.39, 0.29) is 18.2 Å². The number of furan rings is 1. The van der Waals surface area contributed by atoms with Crippen LogP contribution >= 0.6 is 0 Å². The number of rotatable bonds is 7. The standard InChI is InChI=1S/C26H25N3O5/c1-4-33-20-10-8-16(13-21(20)32-3)25-22-23(18-12-15(2)7-9-19(18)30)27-28-24(22)26(31)29(25)14-17-6-5-11-34-17/h5-13,25,30H,4,14H2,1-3H3,(H,27,28)/t25-/m1/s1.